The van der Waals surface area contributed by atoms with E-state index >= 15 is 0 Å². The number of halogens is 1. The molecule has 0 atom stereocenters. The number of benzene rings is 2. The topological polar surface area (TPSA) is 90.4 Å². The van der Waals surface area contributed by atoms with Gasteiger partial charge in [0.2, 0.25) is 0 Å². The van der Waals surface area contributed by atoms with Crippen LogP contribution in [0.4, 0.5) is 5.82 Å². The highest BCUT2D eigenvalue weighted by Crippen LogP contribution is 2.34. The first kappa shape index (κ1) is 17.2. The van der Waals surface area contributed by atoms with Crippen LogP contribution in [0, 0.1) is 0 Å². The monoisotopic (exact) mass is 379 g/mol. The molecule has 0 aliphatic carbocycles. The van der Waals surface area contributed by atoms with E-state index in [1.54, 1.807) is 24.3 Å². The van der Waals surface area contributed by atoms with Crippen LogP contribution in [0.25, 0.3) is 10.9 Å². The first-order chi connectivity index (χ1) is 12.0. The molecule has 9 heteroatoms. The van der Waals surface area contributed by atoms with E-state index in [2.05, 4.69) is 14.7 Å². The highest BCUT2D eigenvalue weighted by atomic mass is 35.5. The first-order valence-electron chi connectivity index (χ1n) is 7.10. The SMILES string of the molecule is COc1cc2ncnc(NS(=O)(=O)c3ccccc3Cl)c2cc1OC. The van der Waals surface area contributed by atoms with Crippen LogP contribution in [0.2, 0.25) is 5.02 Å². The number of sulfonamides is 1. The molecule has 0 radical (unpaired) electrons. The van der Waals surface area contributed by atoms with Crippen molar-refractivity contribution in [2.45, 2.75) is 4.90 Å². The normalized spacial score (nSPS) is 11.3. The second kappa shape index (κ2) is 6.73. The van der Waals surface area contributed by atoms with Gasteiger partial charge in [-0.15, -0.1) is 0 Å². The predicted molar refractivity (Wildman–Crippen MR) is 94.9 cm³/mol. The number of fused-ring (bicyclic) bond motifs is 1. The zero-order chi connectivity index (χ0) is 18.0. The maximum absolute atomic E-state index is 12.6. The summed E-state index contributed by atoms with van der Waals surface area (Å²) in [6.45, 7) is 0. The third-order valence-electron chi connectivity index (χ3n) is 3.50. The highest BCUT2D eigenvalue weighted by molar-refractivity contribution is 7.92. The van der Waals surface area contributed by atoms with Crippen LogP contribution < -0.4 is 14.2 Å². The fourth-order valence-corrected chi connectivity index (χ4v) is 3.86. The summed E-state index contributed by atoms with van der Waals surface area (Å²) < 4.78 is 38.2. The number of anilines is 1. The molecule has 1 N–H and O–H groups in total. The van der Waals surface area contributed by atoms with Gasteiger partial charge in [0.15, 0.2) is 17.3 Å². The molecule has 3 aromatic rings. The summed E-state index contributed by atoms with van der Waals surface area (Å²) in [5, 5.41) is 0.586. The Kier molecular flexibility index (Phi) is 4.65. The molecule has 1 aromatic heterocycles. The molecule has 0 unspecified atom stereocenters. The molecule has 0 fully saturated rings. The van der Waals surface area contributed by atoms with E-state index in [9.17, 15) is 8.42 Å². The standard InChI is InChI=1S/C16H14ClN3O4S/c1-23-13-7-10-12(8-14(13)24-2)18-9-19-16(10)20-25(21,22)15-6-4-3-5-11(15)17/h3-9H,1-2H3,(H,18,19,20). The summed E-state index contributed by atoms with van der Waals surface area (Å²) in [4.78, 5) is 8.14. The lowest BCUT2D eigenvalue weighted by atomic mass is 10.2. The predicted octanol–water partition coefficient (Wildman–Crippen LogP) is 3.10. The van der Waals surface area contributed by atoms with Crippen LogP contribution in [0.15, 0.2) is 47.6 Å². The maximum Gasteiger partial charge on any atom is 0.264 e. The molecule has 130 valence electrons. The molecule has 0 bridgehead atoms. The van der Waals surface area contributed by atoms with Crippen molar-refractivity contribution in [2.75, 3.05) is 18.9 Å². The van der Waals surface area contributed by atoms with Gasteiger partial charge in [-0.25, -0.2) is 18.4 Å². The van der Waals surface area contributed by atoms with Crippen LogP contribution in [0.3, 0.4) is 0 Å². The Balaban J connectivity index is 2.12. The van der Waals surface area contributed by atoms with Crippen molar-refractivity contribution >= 4 is 38.3 Å². The average Bonchev–Trinajstić information content (AvgIpc) is 2.60. The molecule has 0 amide bonds. The minimum absolute atomic E-state index is 0.0381. The molecule has 3 rings (SSSR count). The summed E-state index contributed by atoms with van der Waals surface area (Å²) in [6.07, 6.45) is 1.26. The van der Waals surface area contributed by atoms with Gasteiger partial charge in [0, 0.05) is 11.5 Å². The number of hydrogen-bond acceptors (Lipinski definition) is 6. The van der Waals surface area contributed by atoms with Gasteiger partial charge in [0.1, 0.15) is 11.2 Å². The molecule has 0 aliphatic rings. The minimum Gasteiger partial charge on any atom is -0.493 e. The highest BCUT2D eigenvalue weighted by Gasteiger charge is 2.20. The lowest BCUT2D eigenvalue weighted by Gasteiger charge is -2.12. The van der Waals surface area contributed by atoms with Crippen molar-refractivity contribution in [2.24, 2.45) is 0 Å². The van der Waals surface area contributed by atoms with Gasteiger partial charge in [0.25, 0.3) is 10.0 Å². The van der Waals surface area contributed by atoms with E-state index in [1.165, 1.54) is 32.7 Å². The second-order valence-electron chi connectivity index (χ2n) is 4.98. The zero-order valence-electron chi connectivity index (χ0n) is 13.4. The summed E-state index contributed by atoms with van der Waals surface area (Å²) in [5.74, 6) is 1.03. The van der Waals surface area contributed by atoms with Gasteiger partial charge in [-0.3, -0.25) is 4.72 Å². The van der Waals surface area contributed by atoms with Crippen LogP contribution in [0.5, 0.6) is 11.5 Å². The summed E-state index contributed by atoms with van der Waals surface area (Å²) in [6, 6.07) is 9.41. The second-order valence-corrected chi connectivity index (χ2v) is 7.04. The van der Waals surface area contributed by atoms with Gasteiger partial charge in [-0.2, -0.15) is 0 Å². The number of nitrogens with one attached hydrogen (secondary N) is 1. The fourth-order valence-electron chi connectivity index (χ4n) is 2.31. The van der Waals surface area contributed by atoms with Gasteiger partial charge in [0.05, 0.1) is 24.8 Å². The van der Waals surface area contributed by atoms with E-state index < -0.39 is 10.0 Å². The van der Waals surface area contributed by atoms with Crippen LogP contribution in [-0.2, 0) is 10.0 Å². The molecular weight excluding hydrogens is 366 g/mol. The zero-order valence-corrected chi connectivity index (χ0v) is 14.9. The van der Waals surface area contributed by atoms with Crippen LogP contribution >= 0.6 is 11.6 Å². The summed E-state index contributed by atoms with van der Waals surface area (Å²) >= 11 is 5.99. The Morgan fingerprint density at radius 2 is 1.72 bits per heavy atom. The van der Waals surface area contributed by atoms with Crippen molar-refractivity contribution in [1.29, 1.82) is 0 Å². The molecule has 0 saturated carbocycles. The smallest absolute Gasteiger partial charge is 0.264 e. The van der Waals surface area contributed by atoms with Crippen LogP contribution in [-0.4, -0.2) is 32.6 Å². The van der Waals surface area contributed by atoms with Crippen molar-refractivity contribution < 1.29 is 17.9 Å². The van der Waals surface area contributed by atoms with E-state index in [1.807, 2.05) is 0 Å². The Bertz CT molecular complexity index is 1040. The number of rotatable bonds is 5. The number of ether oxygens (including phenoxy) is 2. The molecule has 1 heterocycles. The molecular formula is C16H14ClN3O4S. The lowest BCUT2D eigenvalue weighted by Crippen LogP contribution is -2.15. The largest absolute Gasteiger partial charge is 0.493 e. The lowest BCUT2D eigenvalue weighted by molar-refractivity contribution is 0.356. The molecule has 2 aromatic carbocycles. The molecule has 25 heavy (non-hydrogen) atoms. The molecule has 0 aliphatic heterocycles. The average molecular weight is 380 g/mol. The van der Waals surface area contributed by atoms with E-state index in [0.29, 0.717) is 22.4 Å². The third-order valence-corrected chi connectivity index (χ3v) is 5.34. The van der Waals surface area contributed by atoms with Gasteiger partial charge >= 0.3 is 0 Å². The molecule has 0 spiro atoms. The Labute approximate surface area is 149 Å². The van der Waals surface area contributed by atoms with Crippen LogP contribution in [0.1, 0.15) is 0 Å². The Morgan fingerprint density at radius 1 is 1.04 bits per heavy atom. The van der Waals surface area contributed by atoms with Crippen molar-refractivity contribution in [1.82, 2.24) is 9.97 Å². The minimum atomic E-state index is -3.92. The van der Waals surface area contributed by atoms with Gasteiger partial charge in [-0.05, 0) is 18.2 Å². The molecule has 0 saturated heterocycles. The summed E-state index contributed by atoms with van der Waals surface area (Å²) in [5.41, 5.74) is 0.504. The van der Waals surface area contributed by atoms with E-state index in [0.717, 1.165) is 0 Å². The van der Waals surface area contributed by atoms with Crippen molar-refractivity contribution in [3.8, 4) is 11.5 Å². The van der Waals surface area contributed by atoms with E-state index in [4.69, 9.17) is 21.1 Å². The van der Waals surface area contributed by atoms with Gasteiger partial charge in [-0.1, -0.05) is 23.7 Å². The molecule has 7 nitrogen and oxygen atoms in total. The Hall–Kier alpha value is -2.58. The fraction of sp³-hybridized carbons (Fsp3) is 0.125. The number of nitrogens with zero attached hydrogens (tertiary/aromatic N) is 2. The number of aromatic nitrogens is 2. The third kappa shape index (κ3) is 3.31. The van der Waals surface area contributed by atoms with E-state index in [-0.39, 0.29) is 15.7 Å². The van der Waals surface area contributed by atoms with Gasteiger partial charge < -0.3 is 9.47 Å². The number of hydrogen-bond donors (Lipinski definition) is 1. The number of methoxy groups -OCH3 is 2. The quantitative estimate of drug-likeness (QED) is 0.732. The van der Waals surface area contributed by atoms with Crippen molar-refractivity contribution in [3.05, 3.63) is 47.7 Å². The van der Waals surface area contributed by atoms with Crippen molar-refractivity contribution in [3.63, 3.8) is 0 Å². The Morgan fingerprint density at radius 3 is 2.40 bits per heavy atom. The first-order valence-corrected chi connectivity index (χ1v) is 8.96. The maximum atomic E-state index is 12.6. The summed E-state index contributed by atoms with van der Waals surface area (Å²) in [7, 11) is -0.922.